The fourth-order valence-corrected chi connectivity index (χ4v) is 7.38. The monoisotopic (exact) mass is 652 g/mol. The van der Waals surface area contributed by atoms with Crippen LogP contribution in [0.3, 0.4) is 0 Å². The number of ether oxygens (including phenoxy) is 2. The summed E-state index contributed by atoms with van der Waals surface area (Å²) in [5.41, 5.74) is 2.90. The Morgan fingerprint density at radius 2 is 1.96 bits per heavy atom. The summed E-state index contributed by atoms with van der Waals surface area (Å²) in [5, 5.41) is 14.4. The molecule has 2 saturated heterocycles. The number of esters is 2. The number of pyridine rings is 3. The van der Waals surface area contributed by atoms with Gasteiger partial charge < -0.3 is 34.1 Å². The van der Waals surface area contributed by atoms with Crippen molar-refractivity contribution < 1.29 is 23.5 Å². The highest BCUT2D eigenvalue weighted by atomic mass is 19.1. The summed E-state index contributed by atoms with van der Waals surface area (Å²) in [6.45, 7) is 5.08. The molecule has 0 spiro atoms. The highest BCUT2D eigenvalue weighted by Crippen LogP contribution is 2.47. The first-order valence-corrected chi connectivity index (χ1v) is 15.6. The number of aromatic nitrogens is 4. The molecule has 48 heavy (non-hydrogen) atoms. The van der Waals surface area contributed by atoms with Crippen molar-refractivity contribution in [1.29, 1.82) is 5.26 Å². The van der Waals surface area contributed by atoms with Gasteiger partial charge in [0.1, 0.15) is 28.7 Å². The number of anilines is 2. The Kier molecular flexibility index (Phi) is 7.51. The SMILES string of the molecule is CNc1cc(F)c(C#N)c2c1[nH]c1ncc(-c3cnc4c(c3)c(=O)c(C(=O)OC(C)OC(C)=O)cn4C)c(N3CCC4CN(C)C[C@H]43)c12. The number of halogens is 1. The lowest BCUT2D eigenvalue weighted by Crippen LogP contribution is -2.35. The third kappa shape index (κ3) is 4.89. The largest absolute Gasteiger partial charge is 0.426 e. The van der Waals surface area contributed by atoms with E-state index in [9.17, 15) is 19.6 Å². The van der Waals surface area contributed by atoms with Crippen LogP contribution in [0, 0.1) is 23.1 Å². The molecule has 14 heteroatoms. The number of likely N-dealkylation sites (tertiary alicyclic amines) is 1. The molecule has 3 atom stereocenters. The molecule has 4 aromatic heterocycles. The van der Waals surface area contributed by atoms with Crippen LogP contribution in [0.25, 0.3) is 44.1 Å². The summed E-state index contributed by atoms with van der Waals surface area (Å²) >= 11 is 0. The second-order valence-electron chi connectivity index (χ2n) is 12.5. The van der Waals surface area contributed by atoms with Crippen molar-refractivity contribution in [2.75, 3.05) is 43.9 Å². The van der Waals surface area contributed by atoms with Crippen LogP contribution in [0.4, 0.5) is 15.8 Å². The minimum atomic E-state index is -1.19. The average Bonchev–Trinajstić information content (AvgIpc) is 3.73. The Bertz CT molecular complexity index is 2270. The molecule has 2 fully saturated rings. The number of fused-ring (bicyclic) bond motifs is 5. The molecular formula is C34H33FN8O5. The van der Waals surface area contributed by atoms with Gasteiger partial charge in [-0.15, -0.1) is 0 Å². The molecule has 0 bridgehead atoms. The summed E-state index contributed by atoms with van der Waals surface area (Å²) in [4.78, 5) is 55.4. The molecular weight excluding hydrogens is 619 g/mol. The maximum absolute atomic E-state index is 15.4. The van der Waals surface area contributed by atoms with Gasteiger partial charge in [0.25, 0.3) is 0 Å². The summed E-state index contributed by atoms with van der Waals surface area (Å²) < 4.78 is 27.1. The number of carbonyl (C=O) groups excluding carboxylic acids is 2. The fraction of sp³-hybridized carbons (Fsp3) is 0.353. The summed E-state index contributed by atoms with van der Waals surface area (Å²) in [5.74, 6) is -1.81. The van der Waals surface area contributed by atoms with Crippen molar-refractivity contribution in [3.8, 4) is 17.2 Å². The van der Waals surface area contributed by atoms with Crippen LogP contribution in [-0.4, -0.2) is 82.4 Å². The third-order valence-corrected chi connectivity index (χ3v) is 9.37. The van der Waals surface area contributed by atoms with Crippen molar-refractivity contribution in [3.63, 3.8) is 0 Å². The van der Waals surface area contributed by atoms with E-state index in [1.165, 1.54) is 26.1 Å². The second-order valence-corrected chi connectivity index (χ2v) is 12.5. The van der Waals surface area contributed by atoms with Gasteiger partial charge in [-0.2, -0.15) is 5.26 Å². The van der Waals surface area contributed by atoms with Crippen molar-refractivity contribution in [2.24, 2.45) is 13.0 Å². The lowest BCUT2D eigenvalue weighted by Gasteiger charge is -2.29. The summed E-state index contributed by atoms with van der Waals surface area (Å²) in [7, 11) is 5.43. The molecule has 5 aromatic rings. The van der Waals surface area contributed by atoms with E-state index in [4.69, 9.17) is 14.5 Å². The summed E-state index contributed by atoms with van der Waals surface area (Å²) in [6, 6.07) is 5.20. The van der Waals surface area contributed by atoms with Crippen molar-refractivity contribution >= 4 is 56.3 Å². The molecule has 0 radical (unpaired) electrons. The molecule has 13 nitrogen and oxygen atoms in total. The minimum absolute atomic E-state index is 0.0913. The summed E-state index contributed by atoms with van der Waals surface area (Å²) in [6.07, 6.45) is 4.44. The van der Waals surface area contributed by atoms with Gasteiger partial charge in [0.15, 0.2) is 0 Å². The van der Waals surface area contributed by atoms with Crippen LogP contribution in [0.5, 0.6) is 0 Å². The van der Waals surface area contributed by atoms with E-state index in [2.05, 4.69) is 38.2 Å². The van der Waals surface area contributed by atoms with Gasteiger partial charge in [-0.3, -0.25) is 9.59 Å². The molecule has 0 saturated carbocycles. The molecule has 0 amide bonds. The zero-order valence-electron chi connectivity index (χ0n) is 27.0. The number of carbonyl (C=O) groups is 2. The van der Waals surface area contributed by atoms with Gasteiger partial charge in [-0.1, -0.05) is 0 Å². The third-order valence-electron chi connectivity index (χ3n) is 9.37. The van der Waals surface area contributed by atoms with Crippen LogP contribution in [0.15, 0.2) is 35.5 Å². The first kappa shape index (κ1) is 31.1. The van der Waals surface area contributed by atoms with Crippen molar-refractivity contribution in [3.05, 3.63) is 57.9 Å². The number of aromatic amines is 1. The van der Waals surface area contributed by atoms with E-state index in [1.807, 2.05) is 0 Å². The fourth-order valence-electron chi connectivity index (χ4n) is 7.38. The number of hydrogen-bond acceptors (Lipinski definition) is 11. The Morgan fingerprint density at radius 3 is 2.69 bits per heavy atom. The zero-order valence-corrected chi connectivity index (χ0v) is 27.0. The van der Waals surface area contributed by atoms with E-state index in [1.54, 1.807) is 37.1 Å². The second kappa shape index (κ2) is 11.6. The van der Waals surface area contributed by atoms with Crippen molar-refractivity contribution in [2.45, 2.75) is 32.6 Å². The van der Waals surface area contributed by atoms with E-state index in [-0.39, 0.29) is 22.6 Å². The van der Waals surface area contributed by atoms with Crippen LogP contribution in [-0.2, 0) is 21.3 Å². The Morgan fingerprint density at radius 1 is 1.17 bits per heavy atom. The quantitative estimate of drug-likeness (QED) is 0.203. The standard InChI is InChI=1S/C34H33FN8O5/c1-16(44)47-17(2)48-34(46)23-14-42(5)33-20(31(23)45)8-19(11-39-33)22-12-38-32-28(30(22)43-7-6-18-13-41(4)15-26(18)43)27-21(10-36)24(35)9-25(37-3)29(27)40-32/h8-9,11-12,14,17-18,26,37H,6-7,13,15H2,1-5H3,(H,38,40)/t17?,18?,26-/m1/s1. The van der Waals surface area contributed by atoms with Gasteiger partial charge in [-0.05, 0) is 25.5 Å². The Balaban J connectivity index is 1.48. The lowest BCUT2D eigenvalue weighted by molar-refractivity contribution is -0.162. The normalized spacial score (nSPS) is 18.3. The van der Waals surface area contributed by atoms with E-state index < -0.39 is 29.5 Å². The maximum Gasteiger partial charge on any atom is 0.346 e. The molecule has 2 aliphatic heterocycles. The Hall–Kier alpha value is -5.55. The number of rotatable bonds is 6. The molecule has 0 aliphatic carbocycles. The number of likely N-dealkylation sites (N-methyl/N-ethyl adjacent to an activating group) is 1. The van der Waals surface area contributed by atoms with Crippen LogP contribution >= 0.6 is 0 Å². The molecule has 2 unspecified atom stereocenters. The molecule has 2 N–H and O–H groups in total. The van der Waals surface area contributed by atoms with E-state index in [0.29, 0.717) is 50.3 Å². The molecule has 246 valence electrons. The Labute approximate surface area is 273 Å². The number of benzene rings is 1. The highest BCUT2D eigenvalue weighted by molar-refractivity contribution is 6.20. The molecule has 6 heterocycles. The minimum Gasteiger partial charge on any atom is -0.426 e. The lowest BCUT2D eigenvalue weighted by atomic mass is 9.98. The van der Waals surface area contributed by atoms with E-state index in [0.717, 1.165) is 31.7 Å². The number of nitrogens with one attached hydrogen (secondary N) is 2. The van der Waals surface area contributed by atoms with Gasteiger partial charge >= 0.3 is 11.9 Å². The van der Waals surface area contributed by atoms with Gasteiger partial charge in [-0.25, -0.2) is 19.2 Å². The van der Waals surface area contributed by atoms with Crippen molar-refractivity contribution in [1.82, 2.24) is 24.4 Å². The number of H-pyrrole nitrogens is 1. The number of nitriles is 1. The van der Waals surface area contributed by atoms with E-state index >= 15 is 4.39 Å². The first-order valence-electron chi connectivity index (χ1n) is 15.6. The van der Waals surface area contributed by atoms with Crippen LogP contribution in [0.1, 0.15) is 36.2 Å². The zero-order chi connectivity index (χ0) is 34.0. The first-order chi connectivity index (χ1) is 23.0. The van der Waals surface area contributed by atoms with Gasteiger partial charge in [0.2, 0.25) is 11.7 Å². The maximum atomic E-state index is 15.4. The van der Waals surface area contributed by atoms with Gasteiger partial charge in [0.05, 0.1) is 33.2 Å². The van der Waals surface area contributed by atoms with Gasteiger partial charge in [0, 0.05) is 94.8 Å². The molecule has 7 rings (SSSR count). The van der Waals surface area contributed by atoms with Crippen LogP contribution in [0.2, 0.25) is 0 Å². The number of nitrogens with zero attached hydrogens (tertiary/aromatic N) is 6. The smallest absolute Gasteiger partial charge is 0.346 e. The topological polar surface area (TPSA) is 158 Å². The van der Waals surface area contributed by atoms with Crippen LogP contribution < -0.4 is 15.6 Å². The number of hydrogen-bond donors (Lipinski definition) is 2. The molecule has 2 aliphatic rings. The highest BCUT2D eigenvalue weighted by Gasteiger charge is 2.42. The number of aryl methyl sites for hydroxylation is 1. The molecule has 1 aromatic carbocycles. The predicted molar refractivity (Wildman–Crippen MR) is 177 cm³/mol. The average molecular weight is 653 g/mol. The predicted octanol–water partition coefficient (Wildman–Crippen LogP) is 3.89.